The number of carbonyl (C=O) groups excluding carboxylic acids is 3. The Morgan fingerprint density at radius 1 is 1.06 bits per heavy atom. The second-order valence-corrected chi connectivity index (χ2v) is 13.1. The predicted molar refractivity (Wildman–Crippen MR) is 175 cm³/mol. The number of nitrogens with zero attached hydrogens (tertiary/aromatic N) is 2. The molecule has 3 heterocycles. The molecule has 2 atom stereocenters. The molecular formula is C35H35F4N5O7. The molecule has 1 aliphatic rings. The van der Waals surface area contributed by atoms with E-state index in [4.69, 9.17) is 19.9 Å². The summed E-state index contributed by atoms with van der Waals surface area (Å²) in [7, 11) is 0. The van der Waals surface area contributed by atoms with Gasteiger partial charge in [0.2, 0.25) is 11.5 Å². The van der Waals surface area contributed by atoms with Gasteiger partial charge in [-0.25, -0.2) is 14.2 Å². The number of alkyl carbamates (subject to hydrolysis) is 1. The number of carbonyl (C=O) groups is 3. The summed E-state index contributed by atoms with van der Waals surface area (Å²) in [6.07, 6.45) is -4.60. The largest absolute Gasteiger partial charge is 0.489 e. The Morgan fingerprint density at radius 2 is 1.76 bits per heavy atom. The molecule has 0 saturated carbocycles. The lowest BCUT2D eigenvalue weighted by Gasteiger charge is -2.31. The van der Waals surface area contributed by atoms with E-state index in [0.29, 0.717) is 10.9 Å². The number of pyridine rings is 2. The van der Waals surface area contributed by atoms with Gasteiger partial charge < -0.3 is 35.7 Å². The van der Waals surface area contributed by atoms with Gasteiger partial charge in [-0.05, 0) is 76.2 Å². The molecule has 270 valence electrons. The number of halogens is 4. The van der Waals surface area contributed by atoms with E-state index in [2.05, 4.69) is 20.6 Å². The summed E-state index contributed by atoms with van der Waals surface area (Å²) >= 11 is 0. The molecule has 0 unspecified atom stereocenters. The number of hydrogen-bond donors (Lipinski definition) is 4. The van der Waals surface area contributed by atoms with Gasteiger partial charge in [-0.1, -0.05) is 6.07 Å². The first-order valence-corrected chi connectivity index (χ1v) is 15.6. The van der Waals surface area contributed by atoms with E-state index in [9.17, 15) is 37.1 Å². The smallest absolute Gasteiger partial charge is 0.424 e. The molecule has 12 nitrogen and oxygen atoms in total. The van der Waals surface area contributed by atoms with Crippen LogP contribution in [0, 0.1) is 5.82 Å². The van der Waals surface area contributed by atoms with Crippen LogP contribution in [0.3, 0.4) is 0 Å². The van der Waals surface area contributed by atoms with Gasteiger partial charge in [0.15, 0.2) is 0 Å². The third kappa shape index (κ3) is 7.65. The SMILES string of the molecule is CC(C)(C)OC(=O)NCCOc1cc(C(=O)NC[C@](O)(c2cc3c(c(-c4ccc(F)cc4)n2)OC[C@]3(C)C(N)=O)C(F)(F)F)cc2cccnc12. The quantitative estimate of drug-likeness (QED) is 0.135. The topological polar surface area (TPSA) is 175 Å². The molecule has 0 bridgehead atoms. The Labute approximate surface area is 289 Å². The van der Waals surface area contributed by atoms with Gasteiger partial charge >= 0.3 is 12.3 Å². The molecule has 0 fully saturated rings. The Bertz CT molecular complexity index is 1980. The van der Waals surface area contributed by atoms with Crippen molar-refractivity contribution in [1.29, 1.82) is 0 Å². The second kappa shape index (κ2) is 13.7. The van der Waals surface area contributed by atoms with Crippen molar-refractivity contribution in [3.05, 3.63) is 83.4 Å². The number of nitrogens with one attached hydrogen (secondary N) is 2. The van der Waals surface area contributed by atoms with Crippen molar-refractivity contribution >= 4 is 28.8 Å². The lowest BCUT2D eigenvalue weighted by Crippen LogP contribution is -2.51. The molecule has 0 aliphatic carbocycles. The van der Waals surface area contributed by atoms with Crippen molar-refractivity contribution in [2.75, 3.05) is 26.3 Å². The number of amides is 3. The average molecular weight is 714 g/mol. The molecule has 16 heteroatoms. The number of fused-ring (bicyclic) bond motifs is 2. The molecule has 0 spiro atoms. The fourth-order valence-corrected chi connectivity index (χ4v) is 5.28. The summed E-state index contributed by atoms with van der Waals surface area (Å²) < 4.78 is 74.9. The minimum absolute atomic E-state index is 0.0196. The third-order valence-electron chi connectivity index (χ3n) is 8.09. The summed E-state index contributed by atoms with van der Waals surface area (Å²) in [6.45, 7) is 4.70. The minimum Gasteiger partial charge on any atom is -0.489 e. The Kier molecular flexibility index (Phi) is 9.85. The maximum Gasteiger partial charge on any atom is 0.424 e. The lowest BCUT2D eigenvalue weighted by molar-refractivity contribution is -0.265. The number of aliphatic hydroxyl groups is 1. The van der Waals surface area contributed by atoms with Crippen LogP contribution in [0.2, 0.25) is 0 Å². The molecule has 3 amide bonds. The monoisotopic (exact) mass is 713 g/mol. The van der Waals surface area contributed by atoms with Crippen LogP contribution in [0.1, 0.15) is 49.3 Å². The van der Waals surface area contributed by atoms with Gasteiger partial charge in [0.05, 0.1) is 18.8 Å². The molecule has 5 N–H and O–H groups in total. The number of alkyl halides is 3. The van der Waals surface area contributed by atoms with E-state index < -0.39 is 58.8 Å². The number of ether oxygens (including phenoxy) is 3. The Morgan fingerprint density at radius 3 is 2.41 bits per heavy atom. The van der Waals surface area contributed by atoms with Gasteiger partial charge in [0.25, 0.3) is 5.91 Å². The number of rotatable bonds is 10. The fraction of sp³-hybridized carbons (Fsp3) is 0.343. The minimum atomic E-state index is -5.41. The number of nitrogens with two attached hydrogens (primary N) is 1. The highest BCUT2D eigenvalue weighted by molar-refractivity contribution is 6.00. The van der Waals surface area contributed by atoms with Crippen LogP contribution in [0.4, 0.5) is 22.4 Å². The third-order valence-corrected chi connectivity index (χ3v) is 8.09. The number of benzene rings is 2. The van der Waals surface area contributed by atoms with E-state index in [-0.39, 0.29) is 53.6 Å². The van der Waals surface area contributed by atoms with Crippen molar-refractivity contribution in [2.45, 2.75) is 50.5 Å². The highest BCUT2D eigenvalue weighted by Gasteiger charge is 2.57. The average Bonchev–Trinajstić information content (AvgIpc) is 3.41. The van der Waals surface area contributed by atoms with Crippen molar-refractivity contribution < 1.29 is 51.3 Å². The van der Waals surface area contributed by atoms with Crippen LogP contribution in [-0.2, 0) is 20.5 Å². The summed E-state index contributed by atoms with van der Waals surface area (Å²) in [5.74, 6) is -2.49. The van der Waals surface area contributed by atoms with Gasteiger partial charge in [-0.2, -0.15) is 13.2 Å². The predicted octanol–water partition coefficient (Wildman–Crippen LogP) is 4.65. The molecule has 0 saturated heterocycles. The molecule has 51 heavy (non-hydrogen) atoms. The second-order valence-electron chi connectivity index (χ2n) is 13.1. The number of primary amides is 1. The van der Waals surface area contributed by atoms with Crippen molar-refractivity contribution in [2.24, 2.45) is 5.73 Å². The molecule has 2 aromatic carbocycles. The van der Waals surface area contributed by atoms with E-state index in [1.807, 2.05) is 0 Å². The summed E-state index contributed by atoms with van der Waals surface area (Å²) in [5.41, 5.74) is -1.38. The van der Waals surface area contributed by atoms with Crippen molar-refractivity contribution in [1.82, 2.24) is 20.6 Å². The first kappa shape index (κ1) is 36.8. The van der Waals surface area contributed by atoms with Crippen LogP contribution < -0.4 is 25.8 Å². The molecule has 4 aromatic rings. The normalized spacial score (nSPS) is 16.8. The van der Waals surface area contributed by atoms with Gasteiger partial charge in [-0.3, -0.25) is 14.6 Å². The summed E-state index contributed by atoms with van der Waals surface area (Å²) in [5, 5.41) is 16.5. The first-order chi connectivity index (χ1) is 23.8. The van der Waals surface area contributed by atoms with Crippen LogP contribution in [0.5, 0.6) is 11.5 Å². The molecule has 1 aliphatic heterocycles. The van der Waals surface area contributed by atoms with Gasteiger partial charge in [0.1, 0.15) is 52.8 Å². The molecular weight excluding hydrogens is 678 g/mol. The summed E-state index contributed by atoms with van der Waals surface area (Å²) in [4.78, 5) is 46.2. The maximum atomic E-state index is 14.8. The fourth-order valence-electron chi connectivity index (χ4n) is 5.28. The zero-order valence-electron chi connectivity index (χ0n) is 28.0. The number of aromatic nitrogens is 2. The highest BCUT2D eigenvalue weighted by atomic mass is 19.4. The van der Waals surface area contributed by atoms with Crippen molar-refractivity contribution in [3.63, 3.8) is 0 Å². The van der Waals surface area contributed by atoms with E-state index >= 15 is 0 Å². The van der Waals surface area contributed by atoms with Crippen LogP contribution in [0.15, 0.2) is 60.8 Å². The van der Waals surface area contributed by atoms with Crippen molar-refractivity contribution in [3.8, 4) is 22.8 Å². The van der Waals surface area contributed by atoms with E-state index in [0.717, 1.165) is 18.2 Å². The summed E-state index contributed by atoms with van der Waals surface area (Å²) in [6, 6.07) is 11.3. The number of hydrogen-bond acceptors (Lipinski definition) is 9. The molecule has 0 radical (unpaired) electrons. The first-order valence-electron chi connectivity index (χ1n) is 15.6. The van der Waals surface area contributed by atoms with Gasteiger partial charge in [0, 0.05) is 28.3 Å². The standard InChI is InChI=1S/C35H35F4N5O7/c1-32(2,3)51-31(47)42-12-13-49-24-15-21(14-20-6-5-11-41-26(20)24)29(45)43-17-34(48,35(37,38)39)25-16-23-28(50-18-33(23,4)30(40)46)27(44-25)19-7-9-22(36)10-8-19/h5-11,14-16,48H,12-13,17-18H2,1-4H3,(H2,40,46)(H,42,47)(H,43,45)/t33-,34-/m0/s1. The van der Waals surface area contributed by atoms with Crippen LogP contribution in [0.25, 0.3) is 22.2 Å². The maximum absolute atomic E-state index is 14.8. The van der Waals surface area contributed by atoms with Crippen LogP contribution in [-0.4, -0.2) is 71.1 Å². The highest BCUT2D eigenvalue weighted by Crippen LogP contribution is 2.47. The zero-order chi connectivity index (χ0) is 37.4. The zero-order valence-corrected chi connectivity index (χ0v) is 28.0. The molecule has 5 rings (SSSR count). The Balaban J connectivity index is 1.45. The lowest BCUT2D eigenvalue weighted by atomic mass is 9.81. The van der Waals surface area contributed by atoms with E-state index in [1.54, 1.807) is 32.9 Å². The van der Waals surface area contributed by atoms with E-state index in [1.165, 1.54) is 37.4 Å². The van der Waals surface area contributed by atoms with Crippen LogP contribution >= 0.6 is 0 Å². The molecule has 2 aromatic heterocycles. The van der Waals surface area contributed by atoms with Gasteiger partial charge in [-0.15, -0.1) is 0 Å². The Hall–Kier alpha value is -5.51.